The fourth-order valence-electron chi connectivity index (χ4n) is 2.54. The van der Waals surface area contributed by atoms with E-state index in [-0.39, 0.29) is 10.0 Å². The van der Waals surface area contributed by atoms with Crippen LogP contribution in [-0.4, -0.2) is 14.5 Å². The SMILES string of the molecule is CC(C)NCc1ccccc1NS(=O)(=O)c1ccc(-c2cccc(F)c2)s1. The molecular formula is C20H21FN2O2S2. The number of halogens is 1. The molecule has 0 atom stereocenters. The number of hydrogen-bond donors (Lipinski definition) is 2. The Bertz CT molecular complexity index is 1030. The number of rotatable bonds is 7. The van der Waals surface area contributed by atoms with Crippen molar-refractivity contribution in [3.05, 3.63) is 72.0 Å². The van der Waals surface area contributed by atoms with Crippen molar-refractivity contribution in [1.82, 2.24) is 5.32 Å². The van der Waals surface area contributed by atoms with Crippen LogP contribution in [0.3, 0.4) is 0 Å². The van der Waals surface area contributed by atoms with Gasteiger partial charge in [0, 0.05) is 17.5 Å². The van der Waals surface area contributed by atoms with E-state index in [2.05, 4.69) is 10.0 Å². The van der Waals surface area contributed by atoms with Gasteiger partial charge in [-0.25, -0.2) is 12.8 Å². The summed E-state index contributed by atoms with van der Waals surface area (Å²) in [7, 11) is -3.72. The third-order valence-electron chi connectivity index (χ3n) is 3.92. The van der Waals surface area contributed by atoms with Gasteiger partial charge >= 0.3 is 0 Å². The van der Waals surface area contributed by atoms with E-state index in [1.165, 1.54) is 12.1 Å². The van der Waals surface area contributed by atoms with Gasteiger partial charge < -0.3 is 5.32 Å². The van der Waals surface area contributed by atoms with Crippen LogP contribution in [0.4, 0.5) is 10.1 Å². The third kappa shape index (κ3) is 4.94. The topological polar surface area (TPSA) is 58.2 Å². The van der Waals surface area contributed by atoms with Crippen LogP contribution >= 0.6 is 11.3 Å². The van der Waals surface area contributed by atoms with Crippen LogP contribution in [0.15, 0.2) is 64.9 Å². The Morgan fingerprint density at radius 2 is 1.81 bits per heavy atom. The molecule has 1 aromatic heterocycles. The smallest absolute Gasteiger partial charge is 0.271 e. The quantitative estimate of drug-likeness (QED) is 0.592. The second-order valence-corrected chi connectivity index (χ2v) is 9.42. The summed E-state index contributed by atoms with van der Waals surface area (Å²) in [5.74, 6) is -0.352. The molecule has 0 radical (unpaired) electrons. The van der Waals surface area contributed by atoms with Crippen LogP contribution in [0.1, 0.15) is 19.4 Å². The van der Waals surface area contributed by atoms with Crippen LogP contribution in [0.25, 0.3) is 10.4 Å². The van der Waals surface area contributed by atoms with E-state index >= 15 is 0 Å². The number of nitrogens with one attached hydrogen (secondary N) is 2. The zero-order valence-corrected chi connectivity index (χ0v) is 16.7. The molecule has 0 amide bonds. The van der Waals surface area contributed by atoms with Crippen molar-refractivity contribution in [2.75, 3.05) is 4.72 Å². The maximum absolute atomic E-state index is 13.4. The van der Waals surface area contributed by atoms with Crippen molar-refractivity contribution >= 4 is 27.0 Å². The molecule has 2 aromatic carbocycles. The Balaban J connectivity index is 1.84. The fourth-order valence-corrected chi connectivity index (χ4v) is 4.95. The first-order chi connectivity index (χ1) is 12.8. The maximum Gasteiger partial charge on any atom is 0.271 e. The van der Waals surface area contributed by atoms with Gasteiger partial charge in [0.15, 0.2) is 0 Å². The van der Waals surface area contributed by atoms with E-state index in [9.17, 15) is 12.8 Å². The Labute approximate surface area is 163 Å². The third-order valence-corrected chi connectivity index (χ3v) is 6.91. The van der Waals surface area contributed by atoms with Gasteiger partial charge in [0.05, 0.1) is 5.69 Å². The van der Waals surface area contributed by atoms with Crippen LogP contribution in [0, 0.1) is 5.82 Å². The molecule has 3 rings (SSSR count). The molecular weight excluding hydrogens is 383 g/mol. The molecule has 0 bridgehead atoms. The summed E-state index contributed by atoms with van der Waals surface area (Å²) in [6.07, 6.45) is 0. The minimum absolute atomic E-state index is 0.188. The highest BCUT2D eigenvalue weighted by molar-refractivity contribution is 7.94. The summed E-state index contributed by atoms with van der Waals surface area (Å²) in [6.45, 7) is 4.63. The van der Waals surface area contributed by atoms with Crippen molar-refractivity contribution in [3.8, 4) is 10.4 Å². The first kappa shape index (κ1) is 19.5. The van der Waals surface area contributed by atoms with Gasteiger partial charge in [-0.3, -0.25) is 4.72 Å². The number of para-hydroxylation sites is 1. The zero-order valence-electron chi connectivity index (χ0n) is 15.1. The lowest BCUT2D eigenvalue weighted by Gasteiger charge is -2.14. The van der Waals surface area contributed by atoms with Gasteiger partial charge in [-0.15, -0.1) is 11.3 Å². The molecule has 2 N–H and O–H groups in total. The molecule has 142 valence electrons. The molecule has 4 nitrogen and oxygen atoms in total. The molecule has 0 fully saturated rings. The molecule has 3 aromatic rings. The lowest BCUT2D eigenvalue weighted by Crippen LogP contribution is -2.23. The largest absolute Gasteiger partial charge is 0.310 e. The van der Waals surface area contributed by atoms with Crippen molar-refractivity contribution in [3.63, 3.8) is 0 Å². The number of sulfonamides is 1. The molecule has 0 saturated heterocycles. The molecule has 0 unspecified atom stereocenters. The first-order valence-corrected chi connectivity index (χ1v) is 10.8. The molecule has 0 aliphatic carbocycles. The van der Waals surface area contributed by atoms with E-state index in [0.717, 1.165) is 16.9 Å². The van der Waals surface area contributed by atoms with Crippen molar-refractivity contribution in [2.24, 2.45) is 0 Å². The minimum Gasteiger partial charge on any atom is -0.310 e. The summed E-state index contributed by atoms with van der Waals surface area (Å²) in [5, 5.41) is 3.29. The van der Waals surface area contributed by atoms with E-state index in [1.807, 2.05) is 26.0 Å². The van der Waals surface area contributed by atoms with E-state index in [1.54, 1.807) is 36.4 Å². The van der Waals surface area contributed by atoms with Crippen molar-refractivity contribution in [2.45, 2.75) is 30.6 Å². The van der Waals surface area contributed by atoms with Crippen LogP contribution in [0.2, 0.25) is 0 Å². The zero-order chi connectivity index (χ0) is 19.4. The van der Waals surface area contributed by atoms with Crippen LogP contribution < -0.4 is 10.0 Å². The normalized spacial score (nSPS) is 11.7. The highest BCUT2D eigenvalue weighted by Gasteiger charge is 2.19. The number of thiophene rings is 1. The molecule has 7 heteroatoms. The van der Waals surface area contributed by atoms with Gasteiger partial charge in [-0.05, 0) is 41.5 Å². The molecule has 1 heterocycles. The molecule has 0 saturated carbocycles. The Morgan fingerprint density at radius 3 is 2.56 bits per heavy atom. The second-order valence-electron chi connectivity index (χ2n) is 6.43. The summed E-state index contributed by atoms with van der Waals surface area (Å²) < 4.78 is 41.9. The average molecular weight is 405 g/mol. The average Bonchev–Trinajstić information content (AvgIpc) is 3.12. The molecule has 0 aliphatic rings. The monoisotopic (exact) mass is 404 g/mol. The molecule has 0 aliphatic heterocycles. The van der Waals surface area contributed by atoms with Gasteiger partial charge in [0.1, 0.15) is 10.0 Å². The summed E-state index contributed by atoms with van der Waals surface area (Å²) >= 11 is 1.11. The second kappa shape index (κ2) is 8.21. The number of benzene rings is 2. The lowest BCUT2D eigenvalue weighted by molar-refractivity contribution is 0.589. The van der Waals surface area contributed by atoms with Gasteiger partial charge in [0.25, 0.3) is 10.0 Å². The van der Waals surface area contributed by atoms with Crippen molar-refractivity contribution < 1.29 is 12.8 Å². The highest BCUT2D eigenvalue weighted by atomic mass is 32.2. The Kier molecular flexibility index (Phi) is 5.94. The van der Waals surface area contributed by atoms with Crippen LogP contribution in [-0.2, 0) is 16.6 Å². The lowest BCUT2D eigenvalue weighted by atomic mass is 10.2. The summed E-state index contributed by atoms with van der Waals surface area (Å²) in [6, 6.07) is 17.0. The van der Waals surface area contributed by atoms with Gasteiger partial charge in [0.2, 0.25) is 0 Å². The summed E-state index contributed by atoms with van der Waals surface area (Å²) in [4.78, 5) is 0.699. The molecule has 27 heavy (non-hydrogen) atoms. The van der Waals surface area contributed by atoms with Crippen molar-refractivity contribution in [1.29, 1.82) is 0 Å². The number of anilines is 1. The molecule has 0 spiro atoms. The predicted molar refractivity (Wildman–Crippen MR) is 109 cm³/mol. The Hall–Kier alpha value is -2.22. The highest BCUT2D eigenvalue weighted by Crippen LogP contribution is 2.32. The van der Waals surface area contributed by atoms with E-state index in [4.69, 9.17) is 0 Å². The Morgan fingerprint density at radius 1 is 1.04 bits per heavy atom. The van der Waals surface area contributed by atoms with Crippen LogP contribution in [0.5, 0.6) is 0 Å². The van der Waals surface area contributed by atoms with E-state index < -0.39 is 10.0 Å². The first-order valence-electron chi connectivity index (χ1n) is 8.55. The summed E-state index contributed by atoms with van der Waals surface area (Å²) in [5.41, 5.74) is 2.08. The predicted octanol–water partition coefficient (Wildman–Crippen LogP) is 4.85. The maximum atomic E-state index is 13.4. The van der Waals surface area contributed by atoms with Gasteiger partial charge in [-0.1, -0.05) is 44.2 Å². The number of hydrogen-bond acceptors (Lipinski definition) is 4. The van der Waals surface area contributed by atoms with Gasteiger partial charge in [-0.2, -0.15) is 0 Å². The standard InChI is InChI=1S/C20H21FN2O2S2/c1-14(2)22-13-16-6-3-4-9-18(16)23-27(24,25)20-11-10-19(26-20)15-7-5-8-17(21)12-15/h3-12,14,22-23H,13H2,1-2H3. The fraction of sp³-hybridized carbons (Fsp3) is 0.200. The van der Waals surface area contributed by atoms with E-state index in [0.29, 0.717) is 28.7 Å². The minimum atomic E-state index is -3.72.